The second kappa shape index (κ2) is 9.25. The lowest BCUT2D eigenvalue weighted by Gasteiger charge is -2.13. The van der Waals surface area contributed by atoms with Crippen LogP contribution in [0.3, 0.4) is 0 Å². The molecule has 7 nitrogen and oxygen atoms in total. The average Bonchev–Trinajstić information content (AvgIpc) is 3.16. The summed E-state index contributed by atoms with van der Waals surface area (Å²) in [6, 6.07) is 15.6. The molecule has 2 aromatic carbocycles. The molecule has 3 aromatic rings. The van der Waals surface area contributed by atoms with Gasteiger partial charge in [0.25, 0.3) is 0 Å². The van der Waals surface area contributed by atoms with Crippen LogP contribution in [0.25, 0.3) is 16.9 Å². The lowest BCUT2D eigenvalue weighted by Crippen LogP contribution is -2.33. The van der Waals surface area contributed by atoms with E-state index in [4.69, 9.17) is 9.47 Å². The highest BCUT2D eigenvalue weighted by Crippen LogP contribution is 2.31. The average molecular weight is 394 g/mol. The first kappa shape index (κ1) is 20.4. The van der Waals surface area contributed by atoms with Crippen LogP contribution >= 0.6 is 0 Å². The van der Waals surface area contributed by atoms with Crippen molar-refractivity contribution in [3.8, 4) is 28.4 Å². The molecule has 1 heterocycles. The Labute approximate surface area is 170 Å². The molecule has 0 saturated carbocycles. The summed E-state index contributed by atoms with van der Waals surface area (Å²) in [6.45, 7) is 4.19. The fraction of sp³-hybridized carbons (Fsp3) is 0.273. The molecular weight excluding hydrogens is 368 g/mol. The third-order valence-electron chi connectivity index (χ3n) is 4.34. The molecular formula is C22H26N4O3. The fourth-order valence-corrected chi connectivity index (χ4v) is 2.85. The Bertz CT molecular complexity index is 967. The molecule has 2 N–H and O–H groups in total. The number of hydrogen-bond acceptors (Lipinski definition) is 5. The summed E-state index contributed by atoms with van der Waals surface area (Å²) < 4.78 is 12.6. The zero-order chi connectivity index (χ0) is 20.8. The van der Waals surface area contributed by atoms with Crippen LogP contribution in [0.1, 0.15) is 13.8 Å². The van der Waals surface area contributed by atoms with Gasteiger partial charge in [-0.1, -0.05) is 44.2 Å². The molecule has 0 unspecified atom stereocenters. The van der Waals surface area contributed by atoms with Crippen LogP contribution in [-0.4, -0.2) is 42.3 Å². The summed E-state index contributed by atoms with van der Waals surface area (Å²) in [5, 5.41) is 6.01. The Morgan fingerprint density at radius 1 is 1.07 bits per heavy atom. The highest BCUT2D eigenvalue weighted by atomic mass is 16.5. The molecule has 1 amide bonds. The molecule has 7 heteroatoms. The molecule has 152 valence electrons. The quantitative estimate of drug-likeness (QED) is 0.612. The summed E-state index contributed by atoms with van der Waals surface area (Å²) >= 11 is 0. The van der Waals surface area contributed by atoms with Crippen LogP contribution < -0.4 is 20.1 Å². The van der Waals surface area contributed by atoms with Crippen molar-refractivity contribution < 1.29 is 14.3 Å². The van der Waals surface area contributed by atoms with Gasteiger partial charge < -0.3 is 14.8 Å². The Morgan fingerprint density at radius 2 is 1.79 bits per heavy atom. The molecule has 0 aliphatic heterocycles. The van der Waals surface area contributed by atoms with Crippen molar-refractivity contribution in [2.75, 3.05) is 26.1 Å². The Kier molecular flexibility index (Phi) is 6.51. The van der Waals surface area contributed by atoms with Gasteiger partial charge in [-0.3, -0.25) is 14.7 Å². The van der Waals surface area contributed by atoms with Gasteiger partial charge in [0.05, 0.1) is 32.1 Å². The number of carbonyl (C=O) groups excluding carboxylic acids is 1. The molecule has 0 fully saturated rings. The zero-order valence-corrected chi connectivity index (χ0v) is 17.1. The van der Waals surface area contributed by atoms with E-state index in [1.807, 2.05) is 73.1 Å². The maximum Gasteiger partial charge on any atom is 0.240 e. The van der Waals surface area contributed by atoms with Crippen molar-refractivity contribution in [1.29, 1.82) is 0 Å². The second-order valence-corrected chi connectivity index (χ2v) is 6.81. The number of amides is 1. The van der Waals surface area contributed by atoms with Crippen LogP contribution in [0, 0.1) is 0 Å². The monoisotopic (exact) mass is 394 g/mol. The van der Waals surface area contributed by atoms with Crippen LogP contribution in [0.5, 0.6) is 11.5 Å². The zero-order valence-electron chi connectivity index (χ0n) is 17.1. The highest BCUT2D eigenvalue weighted by molar-refractivity contribution is 5.91. The van der Waals surface area contributed by atoms with Gasteiger partial charge in [-0.15, -0.1) is 0 Å². The van der Waals surface area contributed by atoms with E-state index in [2.05, 4.69) is 15.6 Å². The van der Waals surface area contributed by atoms with E-state index in [1.54, 1.807) is 14.2 Å². The summed E-state index contributed by atoms with van der Waals surface area (Å²) in [5.74, 6) is 1.50. The topological polar surface area (TPSA) is 77.4 Å². The molecule has 1 aromatic heterocycles. The van der Waals surface area contributed by atoms with Gasteiger partial charge in [-0.2, -0.15) is 0 Å². The molecule has 3 rings (SSSR count). The SMILES string of the molecule is COc1ccc(-n2cc(-c3ccccc3)nc2NC(=O)CNC(C)C)cc1OC. The molecule has 0 aliphatic rings. The number of rotatable bonds is 8. The lowest BCUT2D eigenvalue weighted by molar-refractivity contribution is -0.115. The van der Waals surface area contributed by atoms with E-state index in [0.717, 1.165) is 16.9 Å². The lowest BCUT2D eigenvalue weighted by atomic mass is 10.2. The number of carbonyl (C=O) groups is 1. The Hall–Kier alpha value is -3.32. The number of hydrogen-bond donors (Lipinski definition) is 2. The number of ether oxygens (including phenoxy) is 2. The maximum absolute atomic E-state index is 12.4. The summed E-state index contributed by atoms with van der Waals surface area (Å²) in [4.78, 5) is 17.1. The van der Waals surface area contributed by atoms with Crippen LogP contribution in [0.15, 0.2) is 54.7 Å². The van der Waals surface area contributed by atoms with E-state index in [0.29, 0.717) is 17.4 Å². The molecule has 0 atom stereocenters. The van der Waals surface area contributed by atoms with Gasteiger partial charge in [-0.25, -0.2) is 4.98 Å². The van der Waals surface area contributed by atoms with Crippen molar-refractivity contribution in [2.45, 2.75) is 19.9 Å². The smallest absolute Gasteiger partial charge is 0.240 e. The van der Waals surface area contributed by atoms with Gasteiger partial charge in [0, 0.05) is 23.9 Å². The van der Waals surface area contributed by atoms with Crippen molar-refractivity contribution >= 4 is 11.9 Å². The molecule has 0 radical (unpaired) electrons. The first-order valence-corrected chi connectivity index (χ1v) is 9.42. The minimum absolute atomic E-state index is 0.161. The van der Waals surface area contributed by atoms with Crippen molar-refractivity contribution in [2.24, 2.45) is 0 Å². The predicted molar refractivity (Wildman–Crippen MR) is 114 cm³/mol. The number of aromatic nitrogens is 2. The standard InChI is InChI=1S/C22H26N4O3/c1-15(2)23-13-21(27)25-22-24-18(16-8-6-5-7-9-16)14-26(22)17-10-11-19(28-3)20(12-17)29-4/h5-12,14-15,23H,13H2,1-4H3,(H,24,25,27). The first-order valence-electron chi connectivity index (χ1n) is 9.42. The molecule has 0 bridgehead atoms. The highest BCUT2D eigenvalue weighted by Gasteiger charge is 2.15. The summed E-state index contributed by atoms with van der Waals surface area (Å²) in [6.07, 6.45) is 1.89. The van der Waals surface area contributed by atoms with Crippen LogP contribution in [0.2, 0.25) is 0 Å². The number of anilines is 1. The third-order valence-corrected chi connectivity index (χ3v) is 4.34. The van der Waals surface area contributed by atoms with Gasteiger partial charge in [0.1, 0.15) is 0 Å². The summed E-state index contributed by atoms with van der Waals surface area (Å²) in [7, 11) is 3.18. The summed E-state index contributed by atoms with van der Waals surface area (Å²) in [5.41, 5.74) is 2.51. The second-order valence-electron chi connectivity index (χ2n) is 6.81. The fourth-order valence-electron chi connectivity index (χ4n) is 2.85. The Morgan fingerprint density at radius 3 is 2.45 bits per heavy atom. The normalized spacial score (nSPS) is 10.8. The minimum atomic E-state index is -0.161. The van der Waals surface area contributed by atoms with Crippen LogP contribution in [-0.2, 0) is 4.79 Å². The van der Waals surface area contributed by atoms with E-state index in [1.165, 1.54) is 0 Å². The van der Waals surface area contributed by atoms with Crippen molar-refractivity contribution in [3.05, 3.63) is 54.7 Å². The number of methoxy groups -OCH3 is 2. The maximum atomic E-state index is 12.4. The largest absolute Gasteiger partial charge is 0.493 e. The third kappa shape index (κ3) is 4.94. The van der Waals surface area contributed by atoms with Crippen LogP contribution in [0.4, 0.5) is 5.95 Å². The number of imidazole rings is 1. The molecule has 0 saturated heterocycles. The molecule has 29 heavy (non-hydrogen) atoms. The van der Waals surface area contributed by atoms with Crippen molar-refractivity contribution in [3.63, 3.8) is 0 Å². The van der Waals surface area contributed by atoms with E-state index in [9.17, 15) is 4.79 Å². The molecule has 0 aliphatic carbocycles. The van der Waals surface area contributed by atoms with E-state index >= 15 is 0 Å². The number of benzene rings is 2. The predicted octanol–water partition coefficient (Wildman–Crippen LogP) is 3.49. The van der Waals surface area contributed by atoms with Gasteiger partial charge >= 0.3 is 0 Å². The minimum Gasteiger partial charge on any atom is -0.493 e. The van der Waals surface area contributed by atoms with Gasteiger partial charge in [-0.05, 0) is 12.1 Å². The first-order chi connectivity index (χ1) is 14.0. The molecule has 0 spiro atoms. The number of nitrogens with one attached hydrogen (secondary N) is 2. The van der Waals surface area contributed by atoms with Gasteiger partial charge in [0.2, 0.25) is 11.9 Å². The van der Waals surface area contributed by atoms with Gasteiger partial charge in [0.15, 0.2) is 11.5 Å². The number of nitrogens with zero attached hydrogens (tertiary/aromatic N) is 2. The van der Waals surface area contributed by atoms with E-state index in [-0.39, 0.29) is 18.5 Å². The Balaban J connectivity index is 2.00. The van der Waals surface area contributed by atoms with Crippen molar-refractivity contribution in [1.82, 2.24) is 14.9 Å². The van der Waals surface area contributed by atoms with E-state index < -0.39 is 0 Å².